The van der Waals surface area contributed by atoms with E-state index in [0.29, 0.717) is 10.7 Å². The van der Waals surface area contributed by atoms with Gasteiger partial charge in [0.1, 0.15) is 11.8 Å². The third-order valence-electron chi connectivity index (χ3n) is 5.38. The lowest BCUT2D eigenvalue weighted by atomic mass is 9.76. The number of carbonyl (C=O) groups excluding carboxylic acids is 3. The molecule has 0 aliphatic carbocycles. The van der Waals surface area contributed by atoms with E-state index in [2.05, 4.69) is 15.9 Å². The van der Waals surface area contributed by atoms with Crippen molar-refractivity contribution in [2.75, 3.05) is 11.5 Å². The molecule has 2 aliphatic heterocycles. The average molecular weight is 511 g/mol. The number of ether oxygens (including phenoxy) is 1. The molecule has 1 saturated heterocycles. The number of amides is 2. The molecule has 1 fully saturated rings. The van der Waals surface area contributed by atoms with Gasteiger partial charge in [-0.1, -0.05) is 52.9 Å². The summed E-state index contributed by atoms with van der Waals surface area (Å²) in [5.41, 5.74) is -0.211. The maximum Gasteiger partial charge on any atom is 0.326 e. The Balaban J connectivity index is 1.75. The van der Waals surface area contributed by atoms with Crippen LogP contribution in [-0.4, -0.2) is 34.2 Å². The number of nitrogens with zero attached hydrogens (tertiary/aromatic N) is 2. The number of fused-ring (bicyclic) bond motifs is 2. The molecule has 0 saturated carbocycles. The summed E-state index contributed by atoms with van der Waals surface area (Å²) in [5.74, 6) is -1.68. The van der Waals surface area contributed by atoms with E-state index in [1.54, 1.807) is 31.2 Å². The van der Waals surface area contributed by atoms with Crippen molar-refractivity contribution in [2.24, 2.45) is 5.92 Å². The second-order valence-electron chi connectivity index (χ2n) is 7.62. The van der Waals surface area contributed by atoms with Gasteiger partial charge in [-0.3, -0.25) is 23.7 Å². The molecule has 0 spiro atoms. The van der Waals surface area contributed by atoms with E-state index in [9.17, 15) is 19.2 Å². The zero-order chi connectivity index (χ0) is 21.8. The Hall–Kier alpha value is -1.91. The molecule has 158 valence electrons. The first-order valence-corrected chi connectivity index (χ1v) is 11.9. The SMILES string of the molecule is CCOC(=O)Cn1c2c(sc1=O)C(C)(C)[C@H]1C(=O)N(c3ccc(Br)cc3)C(=O)[C@H]1S2. The lowest BCUT2D eigenvalue weighted by Gasteiger charge is -2.36. The van der Waals surface area contributed by atoms with Crippen LogP contribution < -0.4 is 9.77 Å². The highest BCUT2D eigenvalue weighted by Crippen LogP contribution is 2.54. The van der Waals surface area contributed by atoms with Gasteiger partial charge in [0, 0.05) is 14.8 Å². The lowest BCUT2D eigenvalue weighted by Crippen LogP contribution is -2.41. The molecule has 3 heterocycles. The molecule has 0 N–H and O–H groups in total. The molecule has 1 aromatic heterocycles. The van der Waals surface area contributed by atoms with Crippen LogP contribution in [0.1, 0.15) is 25.6 Å². The zero-order valence-corrected chi connectivity index (χ0v) is 19.7. The maximum absolute atomic E-state index is 13.3. The predicted molar refractivity (Wildman–Crippen MR) is 118 cm³/mol. The van der Waals surface area contributed by atoms with Gasteiger partial charge >= 0.3 is 10.8 Å². The van der Waals surface area contributed by atoms with E-state index < -0.39 is 22.6 Å². The van der Waals surface area contributed by atoms with E-state index in [-0.39, 0.29) is 29.8 Å². The van der Waals surface area contributed by atoms with Crippen LogP contribution in [-0.2, 0) is 31.1 Å². The van der Waals surface area contributed by atoms with Crippen molar-refractivity contribution in [3.63, 3.8) is 0 Å². The van der Waals surface area contributed by atoms with Crippen LogP contribution in [0.25, 0.3) is 0 Å². The van der Waals surface area contributed by atoms with Gasteiger partial charge in [-0.25, -0.2) is 4.90 Å². The van der Waals surface area contributed by atoms with E-state index in [1.807, 2.05) is 13.8 Å². The molecule has 2 aliphatic rings. The highest BCUT2D eigenvalue weighted by Gasteiger charge is 2.59. The van der Waals surface area contributed by atoms with Gasteiger partial charge in [0.05, 0.1) is 23.2 Å². The van der Waals surface area contributed by atoms with Crippen molar-refractivity contribution in [3.8, 4) is 0 Å². The Kier molecular flexibility index (Phi) is 5.44. The van der Waals surface area contributed by atoms with Crippen LogP contribution in [0, 0.1) is 5.92 Å². The molecule has 2 aromatic rings. The second-order valence-corrected chi connectivity index (χ2v) is 10.6. The fourth-order valence-electron chi connectivity index (χ4n) is 3.95. The number of imide groups is 1. The number of hydrogen-bond acceptors (Lipinski definition) is 7. The van der Waals surface area contributed by atoms with Gasteiger partial charge < -0.3 is 4.74 Å². The molecule has 0 unspecified atom stereocenters. The smallest absolute Gasteiger partial charge is 0.326 e. The van der Waals surface area contributed by atoms with Crippen LogP contribution >= 0.6 is 39.0 Å². The van der Waals surface area contributed by atoms with Crippen LogP contribution in [0.4, 0.5) is 5.69 Å². The first kappa shape index (κ1) is 21.3. The summed E-state index contributed by atoms with van der Waals surface area (Å²) in [5, 5.41) is -0.0887. The molecule has 4 rings (SSSR count). The van der Waals surface area contributed by atoms with E-state index >= 15 is 0 Å². The fraction of sp³-hybridized carbons (Fsp3) is 0.400. The second kappa shape index (κ2) is 7.65. The van der Waals surface area contributed by atoms with Gasteiger partial charge in [0.2, 0.25) is 11.8 Å². The molecule has 7 nitrogen and oxygen atoms in total. The minimum atomic E-state index is -0.730. The number of carbonyl (C=O) groups is 3. The molecule has 2 amide bonds. The number of aromatic nitrogens is 1. The molecular formula is C20H19BrN2O5S2. The minimum absolute atomic E-state index is 0.211. The van der Waals surface area contributed by atoms with Crippen molar-refractivity contribution in [2.45, 2.75) is 43.0 Å². The number of benzene rings is 1. The summed E-state index contributed by atoms with van der Waals surface area (Å²) in [6, 6.07) is 7.01. The zero-order valence-electron chi connectivity index (χ0n) is 16.5. The van der Waals surface area contributed by atoms with Gasteiger partial charge in [0.15, 0.2) is 0 Å². The standard InChI is InChI=1S/C20H19BrN2O5S2/c1-4-28-12(24)9-22-18-15(30-19(22)27)20(2,3)13-14(29-18)17(26)23(16(13)25)11-7-5-10(21)6-8-11/h5-8,13-14H,4,9H2,1-3H3/t13-,14+/m1/s1. The van der Waals surface area contributed by atoms with Crippen molar-refractivity contribution in [3.05, 3.63) is 43.3 Å². The Bertz CT molecular complexity index is 1110. The highest BCUT2D eigenvalue weighted by atomic mass is 79.9. The molecular weight excluding hydrogens is 492 g/mol. The molecule has 10 heteroatoms. The van der Waals surface area contributed by atoms with Crippen LogP contribution in [0.3, 0.4) is 0 Å². The number of esters is 1. The Morgan fingerprint density at radius 2 is 1.83 bits per heavy atom. The van der Waals surface area contributed by atoms with Gasteiger partial charge in [-0.05, 0) is 31.2 Å². The van der Waals surface area contributed by atoms with Crippen LogP contribution in [0.15, 0.2) is 38.6 Å². The number of thioether (sulfide) groups is 1. The molecule has 0 bridgehead atoms. The molecule has 2 atom stereocenters. The Morgan fingerprint density at radius 1 is 1.17 bits per heavy atom. The van der Waals surface area contributed by atoms with Crippen molar-refractivity contribution < 1.29 is 19.1 Å². The summed E-state index contributed by atoms with van der Waals surface area (Å²) >= 11 is 5.58. The van der Waals surface area contributed by atoms with E-state index in [0.717, 1.165) is 20.7 Å². The van der Waals surface area contributed by atoms with Crippen LogP contribution in [0.5, 0.6) is 0 Å². The van der Waals surface area contributed by atoms with Crippen molar-refractivity contribution >= 4 is 62.5 Å². The molecule has 30 heavy (non-hydrogen) atoms. The number of anilines is 1. The number of thiazole rings is 1. The molecule has 1 aromatic carbocycles. The van der Waals surface area contributed by atoms with E-state index in [4.69, 9.17) is 4.74 Å². The average Bonchev–Trinajstić information content (AvgIpc) is 3.12. The summed E-state index contributed by atoms with van der Waals surface area (Å²) < 4.78 is 7.20. The topological polar surface area (TPSA) is 85.7 Å². The van der Waals surface area contributed by atoms with E-state index in [1.165, 1.54) is 21.2 Å². The quantitative estimate of drug-likeness (QED) is 0.463. The summed E-state index contributed by atoms with van der Waals surface area (Å²) in [6.45, 7) is 5.47. The number of hydrogen-bond donors (Lipinski definition) is 0. The Labute approximate surface area is 189 Å². The monoisotopic (exact) mass is 510 g/mol. The predicted octanol–water partition coefficient (Wildman–Crippen LogP) is 3.18. The van der Waals surface area contributed by atoms with Gasteiger partial charge in [-0.2, -0.15) is 0 Å². The maximum atomic E-state index is 13.3. The fourth-order valence-corrected chi connectivity index (χ4v) is 7.25. The van der Waals surface area contributed by atoms with Crippen molar-refractivity contribution in [1.29, 1.82) is 0 Å². The largest absolute Gasteiger partial charge is 0.465 e. The molecule has 0 radical (unpaired) electrons. The summed E-state index contributed by atoms with van der Waals surface area (Å²) in [4.78, 5) is 52.9. The van der Waals surface area contributed by atoms with Crippen molar-refractivity contribution in [1.82, 2.24) is 4.57 Å². The lowest BCUT2D eigenvalue weighted by molar-refractivity contribution is -0.144. The summed E-state index contributed by atoms with van der Waals surface area (Å²) in [6.07, 6.45) is 0. The summed E-state index contributed by atoms with van der Waals surface area (Å²) in [7, 11) is 0. The third-order valence-corrected chi connectivity index (χ3v) is 8.73. The minimum Gasteiger partial charge on any atom is -0.465 e. The Morgan fingerprint density at radius 3 is 2.47 bits per heavy atom. The first-order valence-electron chi connectivity index (χ1n) is 9.36. The number of rotatable bonds is 4. The van der Waals surface area contributed by atoms with Gasteiger partial charge in [0.25, 0.3) is 0 Å². The third kappa shape index (κ3) is 3.25. The number of halogens is 1. The first-order chi connectivity index (χ1) is 14.2. The normalized spacial score (nSPS) is 22.1. The van der Waals surface area contributed by atoms with Crippen LogP contribution in [0.2, 0.25) is 0 Å². The van der Waals surface area contributed by atoms with Gasteiger partial charge in [-0.15, -0.1) is 0 Å². The highest BCUT2D eigenvalue weighted by molar-refractivity contribution is 9.10.